The maximum absolute atomic E-state index is 11.7. The molecule has 3 atom stereocenters. The first-order valence-electron chi connectivity index (χ1n) is 8.98. The van der Waals surface area contributed by atoms with E-state index < -0.39 is 0 Å². The molecule has 3 heteroatoms. The van der Waals surface area contributed by atoms with E-state index in [0.29, 0.717) is 18.4 Å². The molecular formula is C22H23NO2. The van der Waals surface area contributed by atoms with Gasteiger partial charge in [0, 0.05) is 17.2 Å². The molecule has 0 amide bonds. The van der Waals surface area contributed by atoms with Gasteiger partial charge in [0.2, 0.25) is 0 Å². The number of ketones is 1. The van der Waals surface area contributed by atoms with Crippen LogP contribution in [0, 0.1) is 5.92 Å². The van der Waals surface area contributed by atoms with Gasteiger partial charge in [-0.1, -0.05) is 24.3 Å². The fraction of sp³-hybridized carbons (Fsp3) is 0.318. The van der Waals surface area contributed by atoms with Crippen LogP contribution in [0.5, 0.6) is 5.75 Å². The van der Waals surface area contributed by atoms with Gasteiger partial charge in [0.25, 0.3) is 0 Å². The van der Waals surface area contributed by atoms with E-state index in [9.17, 15) is 4.79 Å². The summed E-state index contributed by atoms with van der Waals surface area (Å²) in [4.78, 5) is 11.7. The average molecular weight is 333 g/mol. The van der Waals surface area contributed by atoms with Crippen LogP contribution in [0.25, 0.3) is 0 Å². The second-order valence-corrected chi connectivity index (χ2v) is 6.84. The Balaban J connectivity index is 1.69. The van der Waals surface area contributed by atoms with Crippen LogP contribution in [0.15, 0.2) is 54.6 Å². The lowest BCUT2D eigenvalue weighted by Crippen LogP contribution is -2.29. The molecule has 128 valence electrons. The standard InChI is InChI=1S/C22H23NO2/c1-3-25-17-10-7-15(8-11-17)22-19-6-4-5-18(19)20-13-16(14(2)24)9-12-21(20)23-22/h4-5,7-13,18-19,22-23H,3,6H2,1-2H3/t18-,19+,22+/m1/s1. The number of rotatable bonds is 4. The lowest BCUT2D eigenvalue weighted by Gasteiger charge is -2.37. The fourth-order valence-electron chi connectivity index (χ4n) is 4.08. The molecule has 1 aliphatic carbocycles. The number of Topliss-reactive ketones (excluding diaryl/α,β-unsaturated/α-hetero) is 1. The maximum Gasteiger partial charge on any atom is 0.159 e. The first-order chi connectivity index (χ1) is 12.2. The summed E-state index contributed by atoms with van der Waals surface area (Å²) in [6.45, 7) is 4.31. The van der Waals surface area contributed by atoms with Crippen LogP contribution >= 0.6 is 0 Å². The van der Waals surface area contributed by atoms with E-state index in [1.54, 1.807) is 6.92 Å². The smallest absolute Gasteiger partial charge is 0.159 e. The van der Waals surface area contributed by atoms with Gasteiger partial charge >= 0.3 is 0 Å². The van der Waals surface area contributed by atoms with Crippen LogP contribution in [0.2, 0.25) is 0 Å². The molecule has 25 heavy (non-hydrogen) atoms. The van der Waals surface area contributed by atoms with Gasteiger partial charge in [-0.15, -0.1) is 0 Å². The average Bonchev–Trinajstić information content (AvgIpc) is 3.11. The number of ether oxygens (including phenoxy) is 1. The van der Waals surface area contributed by atoms with Crippen molar-refractivity contribution < 1.29 is 9.53 Å². The fourth-order valence-corrected chi connectivity index (χ4v) is 4.08. The number of benzene rings is 2. The molecule has 0 unspecified atom stereocenters. The van der Waals surface area contributed by atoms with Crippen molar-refractivity contribution in [3.05, 3.63) is 71.3 Å². The van der Waals surface area contributed by atoms with Crippen molar-refractivity contribution in [2.45, 2.75) is 32.2 Å². The zero-order chi connectivity index (χ0) is 17.4. The Kier molecular flexibility index (Phi) is 4.08. The van der Waals surface area contributed by atoms with Crippen LogP contribution in [0.1, 0.15) is 53.7 Å². The molecule has 1 N–H and O–H groups in total. The van der Waals surface area contributed by atoms with E-state index in [-0.39, 0.29) is 11.8 Å². The van der Waals surface area contributed by atoms with Crippen molar-refractivity contribution in [3.63, 3.8) is 0 Å². The largest absolute Gasteiger partial charge is 0.494 e. The quantitative estimate of drug-likeness (QED) is 0.624. The number of carbonyl (C=O) groups is 1. The molecule has 0 saturated carbocycles. The normalized spacial score (nSPS) is 23.5. The molecule has 0 spiro atoms. The summed E-state index contributed by atoms with van der Waals surface area (Å²) in [5.41, 5.74) is 4.45. The number of hydrogen-bond acceptors (Lipinski definition) is 3. The number of hydrogen-bond donors (Lipinski definition) is 1. The highest BCUT2D eigenvalue weighted by atomic mass is 16.5. The van der Waals surface area contributed by atoms with Crippen molar-refractivity contribution in [1.82, 2.24) is 0 Å². The topological polar surface area (TPSA) is 38.3 Å². The van der Waals surface area contributed by atoms with Crippen molar-refractivity contribution in [2.24, 2.45) is 5.92 Å². The number of allylic oxidation sites excluding steroid dienone is 2. The summed E-state index contributed by atoms with van der Waals surface area (Å²) in [6, 6.07) is 14.7. The van der Waals surface area contributed by atoms with Crippen LogP contribution < -0.4 is 10.1 Å². The predicted octanol–water partition coefficient (Wildman–Crippen LogP) is 5.11. The molecule has 0 fully saturated rings. The highest BCUT2D eigenvalue weighted by molar-refractivity contribution is 5.95. The van der Waals surface area contributed by atoms with Crippen molar-refractivity contribution >= 4 is 11.5 Å². The predicted molar refractivity (Wildman–Crippen MR) is 100 cm³/mol. The van der Waals surface area contributed by atoms with Gasteiger partial charge in [0.15, 0.2) is 5.78 Å². The van der Waals surface area contributed by atoms with Crippen molar-refractivity contribution in [2.75, 3.05) is 11.9 Å². The van der Waals surface area contributed by atoms with Crippen molar-refractivity contribution in [3.8, 4) is 5.75 Å². The SMILES string of the molecule is CCOc1ccc([C@@H]2Nc3ccc(C(C)=O)cc3[C@@H]3C=CC[C@@H]32)cc1. The van der Waals surface area contributed by atoms with Crippen LogP contribution in [-0.4, -0.2) is 12.4 Å². The Morgan fingerprint density at radius 3 is 2.72 bits per heavy atom. The first kappa shape index (κ1) is 15.9. The molecule has 0 aromatic heterocycles. The highest BCUT2D eigenvalue weighted by Crippen LogP contribution is 2.50. The molecule has 2 aliphatic rings. The molecule has 2 aromatic rings. The van der Waals surface area contributed by atoms with Gasteiger partial charge in [-0.2, -0.15) is 0 Å². The summed E-state index contributed by atoms with van der Waals surface area (Å²) in [5, 5.41) is 3.71. The summed E-state index contributed by atoms with van der Waals surface area (Å²) >= 11 is 0. The molecule has 2 aromatic carbocycles. The van der Waals surface area contributed by atoms with Gasteiger partial charge in [-0.25, -0.2) is 0 Å². The van der Waals surface area contributed by atoms with Crippen LogP contribution in [0.4, 0.5) is 5.69 Å². The van der Waals surface area contributed by atoms with Gasteiger partial charge in [-0.05, 0) is 67.6 Å². The minimum atomic E-state index is 0.120. The molecule has 3 nitrogen and oxygen atoms in total. The summed E-state index contributed by atoms with van der Waals surface area (Å²) in [7, 11) is 0. The maximum atomic E-state index is 11.7. The Labute approximate surface area is 148 Å². The Morgan fingerprint density at radius 1 is 1.20 bits per heavy atom. The summed E-state index contributed by atoms with van der Waals surface area (Å²) in [5.74, 6) is 1.88. The molecule has 0 saturated heterocycles. The molecule has 1 aliphatic heterocycles. The van der Waals surface area contributed by atoms with Gasteiger partial charge in [0.1, 0.15) is 5.75 Å². The number of nitrogens with one attached hydrogen (secondary N) is 1. The number of carbonyl (C=O) groups excluding carboxylic acids is 1. The third-order valence-corrected chi connectivity index (χ3v) is 5.32. The van der Waals surface area contributed by atoms with E-state index >= 15 is 0 Å². The van der Waals surface area contributed by atoms with E-state index in [1.165, 1.54) is 11.1 Å². The molecule has 1 heterocycles. The molecule has 0 bridgehead atoms. The molecule has 4 rings (SSSR count). The van der Waals surface area contributed by atoms with Gasteiger partial charge in [0.05, 0.1) is 12.6 Å². The summed E-state index contributed by atoms with van der Waals surface area (Å²) in [6.07, 6.45) is 5.63. The van der Waals surface area contributed by atoms with E-state index in [0.717, 1.165) is 23.4 Å². The third kappa shape index (κ3) is 2.84. The Bertz CT molecular complexity index is 822. The monoisotopic (exact) mass is 333 g/mol. The third-order valence-electron chi connectivity index (χ3n) is 5.32. The minimum absolute atomic E-state index is 0.120. The number of anilines is 1. The molecular weight excluding hydrogens is 310 g/mol. The molecule has 0 radical (unpaired) electrons. The van der Waals surface area contributed by atoms with Crippen LogP contribution in [0.3, 0.4) is 0 Å². The second-order valence-electron chi connectivity index (χ2n) is 6.84. The Morgan fingerprint density at radius 2 is 2.00 bits per heavy atom. The lowest BCUT2D eigenvalue weighted by molar-refractivity contribution is 0.101. The van der Waals surface area contributed by atoms with E-state index in [2.05, 4.69) is 41.7 Å². The second kappa shape index (κ2) is 6.40. The van der Waals surface area contributed by atoms with Gasteiger partial charge < -0.3 is 10.1 Å². The van der Waals surface area contributed by atoms with Gasteiger partial charge in [-0.3, -0.25) is 4.79 Å². The van der Waals surface area contributed by atoms with Crippen LogP contribution in [-0.2, 0) is 0 Å². The lowest BCUT2D eigenvalue weighted by atomic mass is 9.76. The van der Waals surface area contributed by atoms with E-state index in [4.69, 9.17) is 4.74 Å². The van der Waals surface area contributed by atoms with E-state index in [1.807, 2.05) is 25.1 Å². The zero-order valence-electron chi connectivity index (χ0n) is 14.7. The Hall–Kier alpha value is -2.55. The first-order valence-corrected chi connectivity index (χ1v) is 8.98. The van der Waals surface area contributed by atoms with Crippen molar-refractivity contribution in [1.29, 1.82) is 0 Å². The summed E-state index contributed by atoms with van der Waals surface area (Å²) < 4.78 is 5.56. The highest BCUT2D eigenvalue weighted by Gasteiger charge is 2.38. The minimum Gasteiger partial charge on any atom is -0.494 e. The number of fused-ring (bicyclic) bond motifs is 3. The zero-order valence-corrected chi connectivity index (χ0v) is 14.7.